The molecule has 3 heterocycles. The monoisotopic (exact) mass is 459 g/mol. The molecule has 2 bridgehead atoms. The fraction of sp³-hybridized carbons (Fsp3) is 0.348. The van der Waals surface area contributed by atoms with Gasteiger partial charge < -0.3 is 24.6 Å². The highest BCUT2D eigenvalue weighted by atomic mass is 19.1. The van der Waals surface area contributed by atoms with Crippen LogP contribution in [0.3, 0.4) is 0 Å². The highest BCUT2D eigenvalue weighted by Gasteiger charge is 2.41. The second kappa shape index (κ2) is 8.43. The molecule has 0 spiro atoms. The van der Waals surface area contributed by atoms with Crippen molar-refractivity contribution in [1.82, 2.24) is 14.8 Å². The molecule has 1 aromatic carbocycles. The van der Waals surface area contributed by atoms with Gasteiger partial charge in [0.25, 0.3) is 11.8 Å². The summed E-state index contributed by atoms with van der Waals surface area (Å²) in [6.45, 7) is 3.07. The van der Waals surface area contributed by atoms with Gasteiger partial charge in [0.2, 0.25) is 5.43 Å². The molecule has 3 atom stereocenters. The predicted octanol–water partition coefficient (Wildman–Crippen LogP) is 2.04. The van der Waals surface area contributed by atoms with Gasteiger partial charge in [0.15, 0.2) is 11.4 Å². The van der Waals surface area contributed by atoms with Crippen LogP contribution >= 0.6 is 0 Å². The lowest BCUT2D eigenvalue weighted by molar-refractivity contribution is 0.0435. The van der Waals surface area contributed by atoms with Crippen molar-refractivity contribution in [3.63, 3.8) is 0 Å². The first kappa shape index (κ1) is 22.7. The topological polar surface area (TPSA) is 101 Å². The molecule has 8 nitrogen and oxygen atoms in total. The van der Waals surface area contributed by atoms with E-state index in [9.17, 15) is 28.3 Å². The number of fused-ring (bicyclic) bond motifs is 4. The average Bonchev–Trinajstić information content (AvgIpc) is 2.90. The molecule has 0 saturated carbocycles. The van der Waals surface area contributed by atoms with E-state index >= 15 is 0 Å². The van der Waals surface area contributed by atoms with E-state index < -0.39 is 58.9 Å². The summed E-state index contributed by atoms with van der Waals surface area (Å²) in [5, 5.41) is 12.9. The third-order valence-electron chi connectivity index (χ3n) is 6.09. The molecular weight excluding hydrogens is 436 g/mol. The van der Waals surface area contributed by atoms with Crippen LogP contribution in [0.1, 0.15) is 44.9 Å². The number of carbonyl (C=O) groups excluding carboxylic acids is 2. The number of rotatable bonds is 4. The van der Waals surface area contributed by atoms with Crippen molar-refractivity contribution in [3.05, 3.63) is 74.7 Å². The van der Waals surface area contributed by atoms with Crippen molar-refractivity contribution in [2.45, 2.75) is 38.6 Å². The van der Waals surface area contributed by atoms with Gasteiger partial charge in [-0.1, -0.05) is 12.2 Å². The van der Waals surface area contributed by atoms with Gasteiger partial charge in [0, 0.05) is 38.0 Å². The molecule has 4 rings (SSSR count). The summed E-state index contributed by atoms with van der Waals surface area (Å²) >= 11 is 0. The normalized spacial score (nSPS) is 21.5. The minimum atomic E-state index is -1.05. The fourth-order valence-corrected chi connectivity index (χ4v) is 4.28. The maximum absolute atomic E-state index is 14.1. The molecule has 2 aliphatic heterocycles. The van der Waals surface area contributed by atoms with Gasteiger partial charge in [-0.3, -0.25) is 14.4 Å². The molecule has 0 radical (unpaired) electrons. The van der Waals surface area contributed by atoms with E-state index in [0.29, 0.717) is 5.56 Å². The van der Waals surface area contributed by atoms with Gasteiger partial charge in [-0.25, -0.2) is 8.78 Å². The van der Waals surface area contributed by atoms with Crippen molar-refractivity contribution in [2.75, 3.05) is 13.7 Å². The lowest BCUT2D eigenvalue weighted by atomic mass is 10.0. The number of methoxy groups -OCH3 is 1. The van der Waals surface area contributed by atoms with Crippen LogP contribution in [-0.2, 0) is 11.3 Å². The Morgan fingerprint density at radius 1 is 1.24 bits per heavy atom. The Kier molecular flexibility index (Phi) is 5.79. The number of benzene rings is 1. The number of amides is 2. The third kappa shape index (κ3) is 3.80. The number of hydrogen-bond donors (Lipinski definition) is 2. The van der Waals surface area contributed by atoms with Gasteiger partial charge in [-0.15, -0.1) is 0 Å². The lowest BCUT2D eigenvalue weighted by Crippen LogP contribution is -2.49. The highest BCUT2D eigenvalue weighted by Crippen LogP contribution is 2.33. The second-order valence-corrected chi connectivity index (χ2v) is 8.22. The van der Waals surface area contributed by atoms with Crippen LogP contribution < -0.4 is 10.7 Å². The van der Waals surface area contributed by atoms with Crippen LogP contribution in [0, 0.1) is 18.6 Å². The number of carbonyl (C=O) groups is 2. The number of ether oxygens (including phenoxy) is 1. The standard InChI is InChI=1S/C23H23F2N3O5/c1-11-6-15(24)13(16(25)7-11)8-26-22(31)14-9-28-17-10-27(12(2)4-5-18(17)33-3)23(32)19(28)21(30)20(14)29/h4-7,9,12,17-18,30H,8,10H2,1-3H3,(H,26,31)/t12-,17+,18-/m0/s1. The van der Waals surface area contributed by atoms with Crippen LogP contribution in [0.5, 0.6) is 5.75 Å². The zero-order valence-electron chi connectivity index (χ0n) is 18.3. The van der Waals surface area contributed by atoms with Crippen molar-refractivity contribution >= 4 is 11.8 Å². The SMILES string of the molecule is CO[C@H]1C=C[C@H](C)N2C[C@H]1n1cc(C(=O)NCc3c(F)cc(C)cc3F)c(=O)c(O)c1C2=O. The zero-order valence-corrected chi connectivity index (χ0v) is 18.3. The van der Waals surface area contributed by atoms with Crippen molar-refractivity contribution in [2.24, 2.45) is 0 Å². The Bertz CT molecular complexity index is 1220. The summed E-state index contributed by atoms with van der Waals surface area (Å²) in [6, 6.07) is 1.47. The smallest absolute Gasteiger partial charge is 0.275 e. The van der Waals surface area contributed by atoms with Gasteiger partial charge in [0.1, 0.15) is 17.2 Å². The van der Waals surface area contributed by atoms with E-state index in [-0.39, 0.29) is 23.8 Å². The van der Waals surface area contributed by atoms with Gasteiger partial charge in [0.05, 0.1) is 12.1 Å². The third-order valence-corrected chi connectivity index (χ3v) is 6.09. The van der Waals surface area contributed by atoms with E-state index in [1.165, 1.54) is 29.7 Å². The second-order valence-electron chi connectivity index (χ2n) is 8.22. The fourth-order valence-electron chi connectivity index (χ4n) is 4.28. The van der Waals surface area contributed by atoms with Crippen molar-refractivity contribution in [3.8, 4) is 5.75 Å². The molecule has 0 aliphatic carbocycles. The van der Waals surface area contributed by atoms with E-state index in [0.717, 1.165) is 12.1 Å². The number of nitrogens with zero attached hydrogens (tertiary/aromatic N) is 2. The van der Waals surface area contributed by atoms with E-state index in [1.54, 1.807) is 19.1 Å². The molecule has 33 heavy (non-hydrogen) atoms. The van der Waals surface area contributed by atoms with Crippen molar-refractivity contribution in [1.29, 1.82) is 0 Å². The molecular formula is C23H23F2N3O5. The summed E-state index contributed by atoms with van der Waals surface area (Å²) in [5.74, 6) is -4.01. The molecule has 2 aromatic rings. The minimum absolute atomic E-state index is 0.235. The largest absolute Gasteiger partial charge is 0.503 e. The van der Waals surface area contributed by atoms with Crippen LogP contribution in [0.25, 0.3) is 0 Å². The molecule has 0 fully saturated rings. The van der Waals surface area contributed by atoms with E-state index in [4.69, 9.17) is 4.74 Å². The van der Waals surface area contributed by atoms with Gasteiger partial charge in [-0.05, 0) is 31.5 Å². The predicted molar refractivity (Wildman–Crippen MR) is 114 cm³/mol. The molecule has 2 aliphatic rings. The van der Waals surface area contributed by atoms with Crippen LogP contribution in [0.4, 0.5) is 8.78 Å². The summed E-state index contributed by atoms with van der Waals surface area (Å²) in [4.78, 5) is 40.0. The minimum Gasteiger partial charge on any atom is -0.503 e. The zero-order chi connectivity index (χ0) is 24.0. The number of aromatic hydroxyl groups is 1. The summed E-state index contributed by atoms with van der Waals surface area (Å²) in [5.41, 5.74) is -1.71. The van der Waals surface area contributed by atoms with E-state index in [2.05, 4.69) is 5.32 Å². The Labute approximate surface area is 188 Å². The van der Waals surface area contributed by atoms with Crippen LogP contribution in [0.15, 0.2) is 35.3 Å². The van der Waals surface area contributed by atoms with Gasteiger partial charge in [-0.2, -0.15) is 0 Å². The first-order valence-electron chi connectivity index (χ1n) is 10.4. The molecule has 2 amide bonds. The number of halogens is 2. The maximum Gasteiger partial charge on any atom is 0.275 e. The highest BCUT2D eigenvalue weighted by molar-refractivity contribution is 5.99. The molecule has 1 aromatic heterocycles. The number of nitrogens with one attached hydrogen (secondary N) is 1. The summed E-state index contributed by atoms with van der Waals surface area (Å²) in [7, 11) is 1.49. The lowest BCUT2D eigenvalue weighted by Gasteiger charge is -2.38. The quantitative estimate of drug-likeness (QED) is 0.682. The number of aromatic nitrogens is 1. The molecule has 2 N–H and O–H groups in total. The first-order chi connectivity index (χ1) is 15.6. The van der Waals surface area contributed by atoms with Gasteiger partial charge >= 0.3 is 0 Å². The molecule has 174 valence electrons. The average molecular weight is 459 g/mol. The molecule has 0 saturated heterocycles. The number of hydrogen-bond acceptors (Lipinski definition) is 5. The van der Waals surface area contributed by atoms with Crippen LogP contribution in [0.2, 0.25) is 0 Å². The number of aryl methyl sites for hydroxylation is 1. The maximum atomic E-state index is 14.1. The van der Waals surface area contributed by atoms with Crippen molar-refractivity contribution < 1.29 is 28.2 Å². The Morgan fingerprint density at radius 3 is 2.55 bits per heavy atom. The van der Waals surface area contributed by atoms with E-state index in [1.807, 2.05) is 0 Å². The molecule has 0 unspecified atom stereocenters. The van der Waals surface area contributed by atoms with Crippen LogP contribution in [-0.4, -0.2) is 52.2 Å². The summed E-state index contributed by atoms with van der Waals surface area (Å²) < 4.78 is 35.1. The Hall–Kier alpha value is -3.53. The Morgan fingerprint density at radius 2 is 1.91 bits per heavy atom. The summed E-state index contributed by atoms with van der Waals surface area (Å²) in [6.07, 6.45) is 4.28. The number of pyridine rings is 1. The Balaban J connectivity index is 1.72. The molecule has 10 heteroatoms. The first-order valence-corrected chi connectivity index (χ1v) is 10.4.